The number of nitrogens with one attached hydrogen (secondary N) is 1. The Hall–Kier alpha value is -2.46. The maximum absolute atomic E-state index is 12.6. The molecule has 0 aliphatic rings. The predicted molar refractivity (Wildman–Crippen MR) is 117 cm³/mol. The van der Waals surface area contributed by atoms with E-state index in [1.165, 1.54) is 0 Å². The lowest BCUT2D eigenvalue weighted by Gasteiger charge is -2.08. The van der Waals surface area contributed by atoms with E-state index in [2.05, 4.69) is 28.8 Å². The number of aryl methyl sites for hydroxylation is 2. The van der Waals surface area contributed by atoms with E-state index in [4.69, 9.17) is 4.98 Å². The third-order valence-corrected chi connectivity index (χ3v) is 6.53. The summed E-state index contributed by atoms with van der Waals surface area (Å²) >= 11 is 3.15. The Morgan fingerprint density at radius 2 is 2.00 bits per heavy atom. The molecule has 0 radical (unpaired) electrons. The van der Waals surface area contributed by atoms with Crippen LogP contribution in [0.5, 0.6) is 0 Å². The summed E-state index contributed by atoms with van der Waals surface area (Å²) in [5.74, 6) is 1.33. The molecule has 0 atom stereocenters. The summed E-state index contributed by atoms with van der Waals surface area (Å²) in [6, 6.07) is 2.02. The minimum atomic E-state index is -0.396. The van der Waals surface area contributed by atoms with Crippen LogP contribution in [0.25, 0.3) is 21.4 Å². The number of unbranched alkanes of at least 4 members (excludes halogenated alkanes) is 1. The molecule has 0 unspecified atom stereocenters. The van der Waals surface area contributed by atoms with Gasteiger partial charge in [0.15, 0.2) is 11.2 Å². The molecule has 10 heteroatoms. The van der Waals surface area contributed by atoms with E-state index in [0.717, 1.165) is 40.3 Å². The standard InChI is InChI=1S/C19H22N6O2S2/c1-3-5-8-25-15-14(16(26)23-19(25)27)24(7-4-2)13(22-15)10-29-18-12-6-9-28-17(12)20-11-21-18/h6,9,11H,3-5,7-8,10H2,1-2H3,(H,23,26,27). The van der Waals surface area contributed by atoms with E-state index in [0.29, 0.717) is 30.0 Å². The average molecular weight is 431 g/mol. The number of rotatable bonds is 8. The molecule has 0 aliphatic carbocycles. The Bertz CT molecular complexity index is 1270. The quantitative estimate of drug-likeness (QED) is 0.340. The lowest BCUT2D eigenvalue weighted by atomic mass is 10.3. The Morgan fingerprint density at radius 1 is 1.14 bits per heavy atom. The first-order valence-electron chi connectivity index (χ1n) is 9.67. The zero-order valence-corrected chi connectivity index (χ0v) is 18.0. The summed E-state index contributed by atoms with van der Waals surface area (Å²) in [5.41, 5.74) is 0.172. The summed E-state index contributed by atoms with van der Waals surface area (Å²) in [6.45, 7) is 5.33. The van der Waals surface area contributed by atoms with Crippen LogP contribution < -0.4 is 11.2 Å². The van der Waals surface area contributed by atoms with Crippen molar-refractivity contribution in [2.24, 2.45) is 0 Å². The SMILES string of the molecule is CCCCn1c(=O)[nH]c(=O)c2c1nc(CSc1ncnc3sccc13)n2CCC. The zero-order chi connectivity index (χ0) is 20.4. The molecular formula is C19H22N6O2S2. The summed E-state index contributed by atoms with van der Waals surface area (Å²) in [6.07, 6.45) is 4.24. The minimum absolute atomic E-state index is 0.378. The van der Waals surface area contributed by atoms with Crippen molar-refractivity contribution in [3.8, 4) is 0 Å². The molecule has 29 heavy (non-hydrogen) atoms. The third kappa shape index (κ3) is 3.74. The molecular weight excluding hydrogens is 408 g/mol. The molecule has 1 N–H and O–H groups in total. The summed E-state index contributed by atoms with van der Waals surface area (Å²) in [7, 11) is 0. The molecule has 0 saturated carbocycles. The van der Waals surface area contributed by atoms with Gasteiger partial charge in [-0.15, -0.1) is 11.3 Å². The number of H-pyrrole nitrogens is 1. The van der Waals surface area contributed by atoms with Crippen LogP contribution in [0.15, 0.2) is 32.4 Å². The number of aromatic amines is 1. The average Bonchev–Trinajstić information content (AvgIpc) is 3.32. The smallest absolute Gasteiger partial charge is 0.321 e. The van der Waals surface area contributed by atoms with Crippen molar-refractivity contribution in [1.82, 2.24) is 29.1 Å². The van der Waals surface area contributed by atoms with E-state index >= 15 is 0 Å². The molecule has 4 aromatic rings. The van der Waals surface area contributed by atoms with Gasteiger partial charge < -0.3 is 4.57 Å². The Labute approximate surface area is 175 Å². The fraction of sp³-hybridized carbons (Fsp3) is 0.421. The van der Waals surface area contributed by atoms with Crippen LogP contribution in [0.4, 0.5) is 0 Å². The molecule has 0 saturated heterocycles. The van der Waals surface area contributed by atoms with Crippen LogP contribution >= 0.6 is 23.1 Å². The molecule has 0 bridgehead atoms. The van der Waals surface area contributed by atoms with Crippen molar-refractivity contribution in [2.75, 3.05) is 0 Å². The Morgan fingerprint density at radius 3 is 2.79 bits per heavy atom. The Balaban J connectivity index is 1.78. The number of nitrogens with zero attached hydrogens (tertiary/aromatic N) is 5. The van der Waals surface area contributed by atoms with Gasteiger partial charge in [0.05, 0.1) is 5.75 Å². The molecule has 0 aromatic carbocycles. The molecule has 0 fully saturated rings. The molecule has 152 valence electrons. The van der Waals surface area contributed by atoms with E-state index < -0.39 is 5.69 Å². The van der Waals surface area contributed by atoms with Crippen molar-refractivity contribution >= 4 is 44.5 Å². The highest BCUT2D eigenvalue weighted by atomic mass is 32.2. The van der Waals surface area contributed by atoms with Crippen LogP contribution in [0.1, 0.15) is 38.9 Å². The molecule has 8 nitrogen and oxygen atoms in total. The molecule has 4 heterocycles. The van der Waals surface area contributed by atoms with Crippen molar-refractivity contribution in [1.29, 1.82) is 0 Å². The zero-order valence-electron chi connectivity index (χ0n) is 16.3. The summed E-state index contributed by atoms with van der Waals surface area (Å²) < 4.78 is 3.53. The van der Waals surface area contributed by atoms with Gasteiger partial charge in [-0.05, 0) is 24.3 Å². The maximum Gasteiger partial charge on any atom is 0.330 e. The highest BCUT2D eigenvalue weighted by Crippen LogP contribution is 2.30. The van der Waals surface area contributed by atoms with Gasteiger partial charge in [0.25, 0.3) is 5.56 Å². The fourth-order valence-corrected chi connectivity index (χ4v) is 5.06. The first-order chi connectivity index (χ1) is 14.1. The van der Waals surface area contributed by atoms with Gasteiger partial charge in [-0.2, -0.15) is 0 Å². The minimum Gasteiger partial charge on any atom is -0.321 e. The summed E-state index contributed by atoms with van der Waals surface area (Å²) in [4.78, 5) is 41.8. The van der Waals surface area contributed by atoms with Crippen LogP contribution in [-0.4, -0.2) is 29.1 Å². The second-order valence-corrected chi connectivity index (χ2v) is 8.58. The third-order valence-electron chi connectivity index (χ3n) is 4.71. The van der Waals surface area contributed by atoms with Crippen LogP contribution in [0.2, 0.25) is 0 Å². The number of aromatic nitrogens is 6. The molecule has 0 amide bonds. The number of thiophene rings is 1. The van der Waals surface area contributed by atoms with Gasteiger partial charge in [-0.25, -0.2) is 19.7 Å². The van der Waals surface area contributed by atoms with Gasteiger partial charge in [0.2, 0.25) is 0 Å². The normalized spacial score (nSPS) is 11.7. The molecule has 4 aromatic heterocycles. The van der Waals surface area contributed by atoms with Crippen LogP contribution in [-0.2, 0) is 18.8 Å². The van der Waals surface area contributed by atoms with Gasteiger partial charge in [0.1, 0.15) is 22.0 Å². The number of fused-ring (bicyclic) bond motifs is 2. The van der Waals surface area contributed by atoms with Crippen molar-refractivity contribution in [3.63, 3.8) is 0 Å². The van der Waals surface area contributed by atoms with Gasteiger partial charge >= 0.3 is 5.69 Å². The van der Waals surface area contributed by atoms with E-state index in [-0.39, 0.29) is 5.56 Å². The molecule has 0 aliphatic heterocycles. The lowest BCUT2D eigenvalue weighted by molar-refractivity contribution is 0.612. The largest absolute Gasteiger partial charge is 0.330 e. The van der Waals surface area contributed by atoms with Gasteiger partial charge in [0, 0.05) is 18.5 Å². The van der Waals surface area contributed by atoms with Gasteiger partial charge in [-0.3, -0.25) is 14.3 Å². The van der Waals surface area contributed by atoms with Crippen LogP contribution in [0, 0.1) is 0 Å². The maximum atomic E-state index is 12.6. The van der Waals surface area contributed by atoms with E-state index in [1.807, 2.05) is 16.0 Å². The first-order valence-corrected chi connectivity index (χ1v) is 11.5. The van der Waals surface area contributed by atoms with Crippen molar-refractivity contribution in [2.45, 2.75) is 57.0 Å². The molecule has 0 spiro atoms. The van der Waals surface area contributed by atoms with E-state index in [1.54, 1.807) is 34.0 Å². The van der Waals surface area contributed by atoms with Crippen molar-refractivity contribution in [3.05, 3.63) is 44.4 Å². The first kappa shape index (κ1) is 19.8. The second kappa shape index (κ2) is 8.50. The van der Waals surface area contributed by atoms with Crippen LogP contribution in [0.3, 0.4) is 0 Å². The summed E-state index contributed by atoms with van der Waals surface area (Å²) in [5, 5.41) is 3.92. The topological polar surface area (TPSA) is 98.5 Å². The second-order valence-electron chi connectivity index (χ2n) is 6.72. The van der Waals surface area contributed by atoms with Gasteiger partial charge in [-0.1, -0.05) is 32.0 Å². The van der Waals surface area contributed by atoms with E-state index in [9.17, 15) is 9.59 Å². The highest BCUT2D eigenvalue weighted by molar-refractivity contribution is 7.98. The lowest BCUT2D eigenvalue weighted by Crippen LogP contribution is -2.31. The molecule has 4 rings (SSSR count). The number of hydrogen-bond donors (Lipinski definition) is 1. The van der Waals surface area contributed by atoms with Crippen molar-refractivity contribution < 1.29 is 0 Å². The predicted octanol–water partition coefficient (Wildman–Crippen LogP) is 3.39. The number of hydrogen-bond acceptors (Lipinski definition) is 7. The number of imidazole rings is 1. The number of thioether (sulfide) groups is 1. The monoisotopic (exact) mass is 430 g/mol. The highest BCUT2D eigenvalue weighted by Gasteiger charge is 2.18. The fourth-order valence-electron chi connectivity index (χ4n) is 3.33. The Kier molecular flexibility index (Phi) is 5.81.